The molecule has 4 rings (SSSR count). The summed E-state index contributed by atoms with van der Waals surface area (Å²) >= 11 is 5.85. The minimum Gasteiger partial charge on any atom is -0.326 e. The zero-order valence-corrected chi connectivity index (χ0v) is 21.1. The molecule has 0 bridgehead atoms. The molecule has 0 atom stereocenters. The number of piperidine rings is 2. The van der Waals surface area contributed by atoms with Crippen LogP contribution in [0.15, 0.2) is 58.3 Å². The average molecular weight is 526 g/mol. The van der Waals surface area contributed by atoms with Gasteiger partial charge in [0.15, 0.2) is 0 Å². The van der Waals surface area contributed by atoms with Crippen LogP contribution in [-0.2, 0) is 24.8 Å². The highest BCUT2D eigenvalue weighted by molar-refractivity contribution is 7.89. The van der Waals surface area contributed by atoms with Crippen molar-refractivity contribution in [2.24, 2.45) is 5.92 Å². The lowest BCUT2D eigenvalue weighted by Gasteiger charge is -2.30. The van der Waals surface area contributed by atoms with E-state index in [0.717, 1.165) is 19.3 Å². The molecule has 0 radical (unpaired) electrons. The number of hydrogen-bond donors (Lipinski definition) is 1. The summed E-state index contributed by atoms with van der Waals surface area (Å²) in [7, 11) is -7.16. The highest BCUT2D eigenvalue weighted by Gasteiger charge is 2.32. The molecule has 2 aliphatic rings. The monoisotopic (exact) mass is 525 g/mol. The highest BCUT2D eigenvalue weighted by Crippen LogP contribution is 2.26. The average Bonchev–Trinajstić information content (AvgIpc) is 2.85. The van der Waals surface area contributed by atoms with Crippen molar-refractivity contribution >= 4 is 43.2 Å². The van der Waals surface area contributed by atoms with Gasteiger partial charge in [-0.15, -0.1) is 0 Å². The Morgan fingerprint density at radius 3 is 1.74 bits per heavy atom. The number of carbonyl (C=O) groups excluding carboxylic acids is 1. The van der Waals surface area contributed by atoms with Crippen molar-refractivity contribution in [3.8, 4) is 0 Å². The molecule has 2 saturated heterocycles. The third-order valence-corrected chi connectivity index (χ3v) is 10.4. The molecule has 1 N–H and O–H groups in total. The molecule has 34 heavy (non-hydrogen) atoms. The Balaban J connectivity index is 1.34. The van der Waals surface area contributed by atoms with Crippen LogP contribution < -0.4 is 5.32 Å². The van der Waals surface area contributed by atoms with Crippen molar-refractivity contribution in [3.05, 3.63) is 53.6 Å². The summed E-state index contributed by atoms with van der Waals surface area (Å²) in [6.07, 6.45) is 3.59. The van der Waals surface area contributed by atoms with Gasteiger partial charge in [0.2, 0.25) is 26.0 Å². The zero-order chi connectivity index (χ0) is 24.3. The Hall–Kier alpha value is -1.98. The summed E-state index contributed by atoms with van der Waals surface area (Å²) in [6, 6.07) is 12.2. The van der Waals surface area contributed by atoms with Gasteiger partial charge in [-0.3, -0.25) is 4.79 Å². The van der Waals surface area contributed by atoms with Crippen LogP contribution in [0.3, 0.4) is 0 Å². The summed E-state index contributed by atoms with van der Waals surface area (Å²) < 4.78 is 54.1. The molecule has 0 aliphatic carbocycles. The number of nitrogens with zero attached hydrogens (tertiary/aromatic N) is 2. The number of sulfonamides is 2. The largest absolute Gasteiger partial charge is 0.326 e. The quantitative estimate of drug-likeness (QED) is 0.621. The van der Waals surface area contributed by atoms with Crippen LogP contribution in [0.1, 0.15) is 32.1 Å². The number of anilines is 1. The van der Waals surface area contributed by atoms with Crippen molar-refractivity contribution in [2.45, 2.75) is 41.9 Å². The van der Waals surface area contributed by atoms with Gasteiger partial charge < -0.3 is 5.32 Å². The molecule has 184 valence electrons. The van der Waals surface area contributed by atoms with Gasteiger partial charge in [0.1, 0.15) is 0 Å². The van der Waals surface area contributed by atoms with Crippen LogP contribution in [0.5, 0.6) is 0 Å². The van der Waals surface area contributed by atoms with E-state index in [1.165, 1.54) is 45.0 Å². The summed E-state index contributed by atoms with van der Waals surface area (Å²) in [4.78, 5) is 13.1. The normalized spacial score (nSPS) is 19.1. The first-order valence-corrected chi connectivity index (χ1v) is 14.6. The fraction of sp³-hybridized carbons (Fsp3) is 0.435. The first kappa shape index (κ1) is 25.1. The highest BCUT2D eigenvalue weighted by atomic mass is 35.5. The second-order valence-electron chi connectivity index (χ2n) is 8.61. The summed E-state index contributed by atoms with van der Waals surface area (Å²) in [5.41, 5.74) is 0.513. The minimum atomic E-state index is -3.63. The van der Waals surface area contributed by atoms with E-state index in [9.17, 15) is 21.6 Å². The maximum Gasteiger partial charge on any atom is 0.243 e. The Kier molecular flexibility index (Phi) is 7.63. The van der Waals surface area contributed by atoms with E-state index >= 15 is 0 Å². The topological polar surface area (TPSA) is 104 Å². The number of rotatable bonds is 6. The van der Waals surface area contributed by atoms with Crippen molar-refractivity contribution in [2.75, 3.05) is 31.5 Å². The lowest BCUT2D eigenvalue weighted by atomic mass is 9.97. The first-order chi connectivity index (χ1) is 16.2. The molecule has 2 fully saturated rings. The predicted octanol–water partition coefficient (Wildman–Crippen LogP) is 3.55. The van der Waals surface area contributed by atoms with E-state index < -0.39 is 20.0 Å². The number of carbonyl (C=O) groups is 1. The van der Waals surface area contributed by atoms with Gasteiger partial charge in [-0.1, -0.05) is 18.0 Å². The second kappa shape index (κ2) is 10.3. The van der Waals surface area contributed by atoms with Crippen LogP contribution in [0, 0.1) is 5.92 Å². The fourth-order valence-corrected chi connectivity index (χ4v) is 7.44. The Morgan fingerprint density at radius 2 is 1.21 bits per heavy atom. The van der Waals surface area contributed by atoms with Crippen molar-refractivity contribution in [1.29, 1.82) is 0 Å². The molecular weight excluding hydrogens is 498 g/mol. The Bertz CT molecular complexity index is 1220. The number of amides is 1. The van der Waals surface area contributed by atoms with Crippen molar-refractivity contribution in [1.82, 2.24) is 8.61 Å². The van der Waals surface area contributed by atoms with Gasteiger partial charge in [-0.2, -0.15) is 8.61 Å². The molecular formula is C23H28ClN3O5S2. The standard InChI is InChI=1S/C23H28ClN3O5S2/c24-19-4-8-21(9-5-19)34(31,32)27-16-12-18(13-17-27)23(28)25-20-6-10-22(11-7-20)33(29,30)26-14-2-1-3-15-26/h4-11,18H,1-3,12-17H2,(H,25,28). The van der Waals surface area contributed by atoms with Crippen LogP contribution in [-0.4, -0.2) is 57.5 Å². The third kappa shape index (κ3) is 5.46. The number of hydrogen-bond acceptors (Lipinski definition) is 5. The van der Waals surface area contributed by atoms with Gasteiger partial charge in [-0.25, -0.2) is 16.8 Å². The first-order valence-electron chi connectivity index (χ1n) is 11.3. The SMILES string of the molecule is O=C(Nc1ccc(S(=O)(=O)N2CCCCC2)cc1)C1CCN(S(=O)(=O)c2ccc(Cl)cc2)CC1. The van der Waals surface area contributed by atoms with Gasteiger partial charge in [0.25, 0.3) is 0 Å². The molecule has 8 nitrogen and oxygen atoms in total. The zero-order valence-electron chi connectivity index (χ0n) is 18.7. The summed E-state index contributed by atoms with van der Waals surface area (Å²) in [5.74, 6) is -0.524. The van der Waals surface area contributed by atoms with E-state index in [1.807, 2.05) is 0 Å². The maximum atomic E-state index is 12.8. The smallest absolute Gasteiger partial charge is 0.243 e. The summed E-state index contributed by atoms with van der Waals surface area (Å²) in [6.45, 7) is 1.56. The van der Waals surface area contributed by atoms with Crippen LogP contribution in [0.25, 0.3) is 0 Å². The van der Waals surface area contributed by atoms with Crippen LogP contribution >= 0.6 is 11.6 Å². The van der Waals surface area contributed by atoms with Gasteiger partial charge >= 0.3 is 0 Å². The van der Waals surface area contributed by atoms with Crippen molar-refractivity contribution in [3.63, 3.8) is 0 Å². The van der Waals surface area contributed by atoms with Crippen LogP contribution in [0.4, 0.5) is 5.69 Å². The molecule has 2 aromatic rings. The van der Waals surface area contributed by atoms with E-state index in [0.29, 0.717) is 36.6 Å². The minimum absolute atomic E-state index is 0.180. The molecule has 1 amide bonds. The van der Waals surface area contributed by atoms with Gasteiger partial charge in [0, 0.05) is 42.8 Å². The van der Waals surface area contributed by atoms with Gasteiger partial charge in [0.05, 0.1) is 9.79 Å². The predicted molar refractivity (Wildman–Crippen MR) is 131 cm³/mol. The lowest BCUT2D eigenvalue weighted by Crippen LogP contribution is -2.41. The Morgan fingerprint density at radius 1 is 0.735 bits per heavy atom. The molecule has 2 aliphatic heterocycles. The molecule has 0 unspecified atom stereocenters. The summed E-state index contributed by atoms with van der Waals surface area (Å²) in [5, 5.41) is 3.30. The number of nitrogens with one attached hydrogen (secondary N) is 1. The molecule has 0 aromatic heterocycles. The third-order valence-electron chi connectivity index (χ3n) is 6.35. The fourth-order valence-electron chi connectivity index (χ4n) is 4.32. The second-order valence-corrected chi connectivity index (χ2v) is 12.9. The molecule has 2 heterocycles. The maximum absolute atomic E-state index is 12.8. The number of halogens is 1. The molecule has 2 aromatic carbocycles. The Labute approximate surface area is 206 Å². The number of benzene rings is 2. The molecule has 0 saturated carbocycles. The van der Waals surface area contributed by atoms with E-state index in [1.54, 1.807) is 12.1 Å². The lowest BCUT2D eigenvalue weighted by molar-refractivity contribution is -0.120. The van der Waals surface area contributed by atoms with Gasteiger partial charge in [-0.05, 0) is 74.2 Å². The van der Waals surface area contributed by atoms with Crippen molar-refractivity contribution < 1.29 is 21.6 Å². The van der Waals surface area contributed by atoms with Crippen LogP contribution in [0.2, 0.25) is 5.02 Å². The van der Waals surface area contributed by atoms with E-state index in [-0.39, 0.29) is 34.7 Å². The molecule has 0 spiro atoms. The molecule has 11 heteroatoms. The van der Waals surface area contributed by atoms with E-state index in [2.05, 4.69) is 5.32 Å². The van der Waals surface area contributed by atoms with E-state index in [4.69, 9.17) is 11.6 Å².